The van der Waals surface area contributed by atoms with Crippen LogP contribution in [0.25, 0.3) is 11.0 Å². The van der Waals surface area contributed by atoms with Crippen molar-refractivity contribution in [2.24, 2.45) is 0 Å². The topological polar surface area (TPSA) is 73.6 Å². The Labute approximate surface area is 151 Å². The third-order valence-electron chi connectivity index (χ3n) is 4.82. The smallest absolute Gasteiger partial charge is 0.339 e. The molecule has 26 heavy (non-hydrogen) atoms. The molecule has 1 aliphatic carbocycles. The molecule has 0 saturated carbocycles. The summed E-state index contributed by atoms with van der Waals surface area (Å²) in [6.07, 6.45) is 3.58. The van der Waals surface area contributed by atoms with Crippen LogP contribution in [0.1, 0.15) is 29.5 Å². The van der Waals surface area contributed by atoms with E-state index in [0.717, 1.165) is 42.2 Å². The molecule has 3 aromatic rings. The van der Waals surface area contributed by atoms with Crippen molar-refractivity contribution in [2.45, 2.75) is 37.5 Å². The zero-order chi connectivity index (χ0) is 18.3. The molecule has 0 saturated heterocycles. The minimum absolute atomic E-state index is 0.0754. The quantitative estimate of drug-likeness (QED) is 0.519. The van der Waals surface area contributed by atoms with Gasteiger partial charge in [-0.25, -0.2) is 4.79 Å². The van der Waals surface area contributed by atoms with Gasteiger partial charge in [0, 0.05) is 16.5 Å². The SMILES string of the molecule is Cc1c(OS(=O)(=O)c2ccccc2)ccc2c3c(c(=O)oc12)CCCC3. The molecule has 5 nitrogen and oxygen atoms in total. The van der Waals surface area contributed by atoms with Crippen molar-refractivity contribution in [1.82, 2.24) is 0 Å². The maximum absolute atomic E-state index is 12.5. The van der Waals surface area contributed by atoms with Crippen molar-refractivity contribution in [1.29, 1.82) is 0 Å². The van der Waals surface area contributed by atoms with Crippen molar-refractivity contribution in [3.63, 3.8) is 0 Å². The first-order valence-electron chi connectivity index (χ1n) is 8.55. The molecule has 1 heterocycles. The first kappa shape index (κ1) is 16.8. The van der Waals surface area contributed by atoms with E-state index in [2.05, 4.69) is 0 Å². The number of rotatable bonds is 3. The molecule has 6 heteroatoms. The molecular formula is C20H18O5S. The summed E-state index contributed by atoms with van der Waals surface area (Å²) in [5.74, 6) is 0.167. The highest BCUT2D eigenvalue weighted by Gasteiger charge is 2.22. The second-order valence-electron chi connectivity index (χ2n) is 6.47. The summed E-state index contributed by atoms with van der Waals surface area (Å²) in [6.45, 7) is 1.70. The number of fused-ring (bicyclic) bond motifs is 3. The van der Waals surface area contributed by atoms with E-state index in [1.54, 1.807) is 37.3 Å². The minimum atomic E-state index is -3.95. The first-order chi connectivity index (χ1) is 12.5. The standard InChI is InChI=1S/C20H18O5S/c1-13-18(25-26(22,23)14-7-3-2-4-8-14)12-11-16-15-9-5-6-10-17(15)20(21)24-19(13)16/h2-4,7-8,11-12H,5-6,9-10H2,1H3. The van der Waals surface area contributed by atoms with Gasteiger partial charge in [0.1, 0.15) is 16.2 Å². The van der Waals surface area contributed by atoms with Gasteiger partial charge in [-0.2, -0.15) is 8.42 Å². The minimum Gasteiger partial charge on any atom is -0.422 e. The molecule has 0 radical (unpaired) electrons. The van der Waals surface area contributed by atoms with Gasteiger partial charge in [-0.1, -0.05) is 18.2 Å². The molecule has 0 spiro atoms. The normalized spacial score (nSPS) is 14.2. The van der Waals surface area contributed by atoms with Crippen LogP contribution in [0.4, 0.5) is 0 Å². The van der Waals surface area contributed by atoms with Gasteiger partial charge in [-0.15, -0.1) is 0 Å². The van der Waals surface area contributed by atoms with Crippen molar-refractivity contribution in [2.75, 3.05) is 0 Å². The molecule has 1 aliphatic rings. The largest absolute Gasteiger partial charge is 0.422 e. The highest BCUT2D eigenvalue weighted by atomic mass is 32.2. The Morgan fingerprint density at radius 2 is 1.65 bits per heavy atom. The molecule has 1 aromatic heterocycles. The van der Waals surface area contributed by atoms with E-state index in [9.17, 15) is 13.2 Å². The lowest BCUT2D eigenvalue weighted by Gasteiger charge is -2.17. The van der Waals surface area contributed by atoms with E-state index in [1.165, 1.54) is 12.1 Å². The number of benzene rings is 2. The number of aryl methyl sites for hydroxylation is 2. The summed E-state index contributed by atoms with van der Waals surface area (Å²) in [5.41, 5.74) is 2.33. The van der Waals surface area contributed by atoms with Gasteiger partial charge >= 0.3 is 15.7 Å². The second kappa shape index (κ2) is 6.29. The van der Waals surface area contributed by atoms with Crippen LogP contribution in [0.3, 0.4) is 0 Å². The molecule has 0 unspecified atom stereocenters. The molecule has 0 amide bonds. The van der Waals surface area contributed by atoms with Gasteiger partial charge in [0.25, 0.3) is 0 Å². The monoisotopic (exact) mass is 370 g/mol. The van der Waals surface area contributed by atoms with Gasteiger partial charge in [-0.3, -0.25) is 0 Å². The molecular weight excluding hydrogens is 352 g/mol. The fraction of sp³-hybridized carbons (Fsp3) is 0.250. The van der Waals surface area contributed by atoms with Crippen LogP contribution in [0.2, 0.25) is 0 Å². The first-order valence-corrected chi connectivity index (χ1v) is 9.96. The predicted octanol–water partition coefficient (Wildman–Crippen LogP) is 3.75. The maximum Gasteiger partial charge on any atom is 0.339 e. The number of hydrogen-bond acceptors (Lipinski definition) is 5. The Morgan fingerprint density at radius 1 is 0.962 bits per heavy atom. The van der Waals surface area contributed by atoms with Crippen molar-refractivity contribution >= 4 is 21.1 Å². The van der Waals surface area contributed by atoms with E-state index < -0.39 is 10.1 Å². The lowest BCUT2D eigenvalue weighted by atomic mass is 9.90. The molecule has 0 fully saturated rings. The highest BCUT2D eigenvalue weighted by Crippen LogP contribution is 2.33. The van der Waals surface area contributed by atoms with Crippen molar-refractivity contribution in [3.8, 4) is 5.75 Å². The van der Waals surface area contributed by atoms with Crippen molar-refractivity contribution < 1.29 is 17.0 Å². The van der Waals surface area contributed by atoms with E-state index in [1.807, 2.05) is 0 Å². The van der Waals surface area contributed by atoms with Crippen LogP contribution >= 0.6 is 0 Å². The van der Waals surface area contributed by atoms with Crippen LogP contribution in [-0.4, -0.2) is 8.42 Å². The van der Waals surface area contributed by atoms with Gasteiger partial charge in [0.15, 0.2) is 0 Å². The van der Waals surface area contributed by atoms with E-state index in [0.29, 0.717) is 11.1 Å². The Hall–Kier alpha value is -2.60. The van der Waals surface area contributed by atoms with Crippen LogP contribution in [-0.2, 0) is 23.0 Å². The maximum atomic E-state index is 12.5. The Bertz CT molecular complexity index is 1140. The molecule has 0 aliphatic heterocycles. The fourth-order valence-corrected chi connectivity index (χ4v) is 4.47. The highest BCUT2D eigenvalue weighted by molar-refractivity contribution is 7.87. The zero-order valence-corrected chi connectivity index (χ0v) is 15.1. The average Bonchev–Trinajstić information content (AvgIpc) is 2.65. The van der Waals surface area contributed by atoms with Gasteiger partial charge in [-0.05, 0) is 62.4 Å². The van der Waals surface area contributed by atoms with E-state index in [4.69, 9.17) is 8.60 Å². The third kappa shape index (κ3) is 2.80. The lowest BCUT2D eigenvalue weighted by molar-refractivity contribution is 0.482. The Morgan fingerprint density at radius 3 is 2.38 bits per heavy atom. The van der Waals surface area contributed by atoms with Crippen LogP contribution in [0, 0.1) is 6.92 Å². The summed E-state index contributed by atoms with van der Waals surface area (Å²) >= 11 is 0. The number of hydrogen-bond donors (Lipinski definition) is 0. The third-order valence-corrected chi connectivity index (χ3v) is 6.07. The molecule has 0 N–H and O–H groups in total. The molecule has 4 rings (SSSR count). The summed E-state index contributed by atoms with van der Waals surface area (Å²) in [7, 11) is -3.95. The lowest BCUT2D eigenvalue weighted by Crippen LogP contribution is -2.16. The van der Waals surface area contributed by atoms with Crippen molar-refractivity contribution in [3.05, 3.63) is 69.6 Å². The molecule has 2 aromatic carbocycles. The average molecular weight is 370 g/mol. The fourth-order valence-electron chi connectivity index (χ4n) is 3.47. The Balaban J connectivity index is 1.83. The molecule has 0 bridgehead atoms. The van der Waals surface area contributed by atoms with E-state index >= 15 is 0 Å². The molecule has 134 valence electrons. The van der Waals surface area contributed by atoms with Crippen LogP contribution in [0.15, 0.2) is 56.6 Å². The van der Waals surface area contributed by atoms with Gasteiger partial charge in [0.2, 0.25) is 0 Å². The zero-order valence-electron chi connectivity index (χ0n) is 14.3. The van der Waals surface area contributed by atoms with E-state index in [-0.39, 0.29) is 16.3 Å². The summed E-state index contributed by atoms with van der Waals surface area (Å²) in [4.78, 5) is 12.4. The van der Waals surface area contributed by atoms with Gasteiger partial charge < -0.3 is 8.60 Å². The summed E-state index contributed by atoms with van der Waals surface area (Å²) < 4.78 is 35.8. The predicted molar refractivity (Wildman–Crippen MR) is 98.1 cm³/mol. The van der Waals surface area contributed by atoms with Crippen LogP contribution in [0.5, 0.6) is 5.75 Å². The molecule has 0 atom stereocenters. The summed E-state index contributed by atoms with van der Waals surface area (Å²) in [5, 5.41) is 0.862. The van der Waals surface area contributed by atoms with Gasteiger partial charge in [0.05, 0.1) is 0 Å². The van der Waals surface area contributed by atoms with Crippen LogP contribution < -0.4 is 9.81 Å². The Kier molecular flexibility index (Phi) is 4.07. The summed E-state index contributed by atoms with van der Waals surface area (Å²) in [6, 6.07) is 11.4. The second-order valence-corrected chi connectivity index (χ2v) is 8.02.